The van der Waals surface area contributed by atoms with Crippen molar-refractivity contribution in [3.05, 3.63) is 0 Å². The smallest absolute Gasteiger partial charge is 0.108 e. The van der Waals surface area contributed by atoms with Crippen molar-refractivity contribution < 1.29 is 15.3 Å². The lowest BCUT2D eigenvalue weighted by Gasteiger charge is -2.33. The zero-order valence-corrected chi connectivity index (χ0v) is 5.86. The molecule has 0 aliphatic carbocycles. The first kappa shape index (κ1) is 7.94. The van der Waals surface area contributed by atoms with Crippen LogP contribution in [0.3, 0.4) is 0 Å². The molecule has 0 bridgehead atoms. The van der Waals surface area contributed by atoms with E-state index in [0.717, 1.165) is 0 Å². The number of hydrogen-bond acceptors (Lipinski definition) is 4. The number of rotatable bonds is 0. The van der Waals surface area contributed by atoms with Crippen LogP contribution in [0.2, 0.25) is 0 Å². The molecule has 1 aliphatic heterocycles. The second-order valence-electron chi connectivity index (χ2n) is 2.75. The molecule has 0 aromatic rings. The Morgan fingerprint density at radius 3 is 2.30 bits per heavy atom. The van der Waals surface area contributed by atoms with Crippen molar-refractivity contribution in [1.82, 2.24) is 5.32 Å². The average Bonchev–Trinajstić information content (AvgIpc) is 1.93. The van der Waals surface area contributed by atoms with Gasteiger partial charge in [-0.3, -0.25) is 0 Å². The van der Waals surface area contributed by atoms with Gasteiger partial charge in [-0.05, 0) is 6.92 Å². The van der Waals surface area contributed by atoms with Crippen LogP contribution in [0.25, 0.3) is 0 Å². The van der Waals surface area contributed by atoms with Crippen LogP contribution in [0.4, 0.5) is 0 Å². The summed E-state index contributed by atoms with van der Waals surface area (Å²) >= 11 is 0. The number of piperidine rings is 1. The summed E-state index contributed by atoms with van der Waals surface area (Å²) in [4.78, 5) is 0. The molecular formula is C6H13NO3. The molecule has 4 atom stereocenters. The van der Waals surface area contributed by atoms with E-state index >= 15 is 0 Å². The second kappa shape index (κ2) is 2.84. The summed E-state index contributed by atoms with van der Waals surface area (Å²) < 4.78 is 0. The maximum absolute atomic E-state index is 9.14. The van der Waals surface area contributed by atoms with Crippen molar-refractivity contribution in [2.24, 2.45) is 0 Å². The Balaban J connectivity index is 2.52. The molecule has 2 unspecified atom stereocenters. The van der Waals surface area contributed by atoms with E-state index < -0.39 is 18.3 Å². The molecule has 1 saturated heterocycles. The molecule has 4 N–H and O–H groups in total. The van der Waals surface area contributed by atoms with E-state index in [1.807, 2.05) is 0 Å². The third-order valence-electron chi connectivity index (χ3n) is 1.91. The zero-order chi connectivity index (χ0) is 7.72. The molecule has 10 heavy (non-hydrogen) atoms. The Hall–Kier alpha value is -0.160. The topological polar surface area (TPSA) is 72.7 Å². The predicted molar refractivity (Wildman–Crippen MR) is 35.5 cm³/mol. The molecule has 1 fully saturated rings. The van der Waals surface area contributed by atoms with E-state index in [1.165, 1.54) is 0 Å². The van der Waals surface area contributed by atoms with Crippen LogP contribution in [0.5, 0.6) is 0 Å². The molecule has 0 amide bonds. The molecule has 1 rings (SSSR count). The second-order valence-corrected chi connectivity index (χ2v) is 2.75. The van der Waals surface area contributed by atoms with Crippen LogP contribution in [-0.2, 0) is 0 Å². The van der Waals surface area contributed by atoms with Crippen LogP contribution in [0.15, 0.2) is 0 Å². The van der Waals surface area contributed by atoms with Crippen LogP contribution >= 0.6 is 0 Å². The number of hydrogen-bond donors (Lipinski definition) is 4. The van der Waals surface area contributed by atoms with Gasteiger partial charge < -0.3 is 20.6 Å². The van der Waals surface area contributed by atoms with E-state index in [-0.39, 0.29) is 6.04 Å². The number of nitrogens with one attached hydrogen (secondary N) is 1. The highest BCUT2D eigenvalue weighted by molar-refractivity contribution is 4.89. The van der Waals surface area contributed by atoms with E-state index in [9.17, 15) is 0 Å². The molecule has 4 nitrogen and oxygen atoms in total. The average molecular weight is 147 g/mol. The van der Waals surface area contributed by atoms with Crippen LogP contribution < -0.4 is 5.32 Å². The summed E-state index contributed by atoms with van der Waals surface area (Å²) in [5, 5.41) is 30.1. The zero-order valence-electron chi connectivity index (χ0n) is 5.86. The maximum atomic E-state index is 9.14. The fourth-order valence-corrected chi connectivity index (χ4v) is 1.07. The lowest BCUT2D eigenvalue weighted by molar-refractivity contribution is -0.0910. The lowest BCUT2D eigenvalue weighted by atomic mass is 9.98. The molecule has 1 heterocycles. The minimum Gasteiger partial charge on any atom is -0.389 e. The van der Waals surface area contributed by atoms with Crippen molar-refractivity contribution in [2.75, 3.05) is 6.54 Å². The summed E-state index contributed by atoms with van der Waals surface area (Å²) in [5.74, 6) is 0. The minimum absolute atomic E-state index is 0.140. The van der Waals surface area contributed by atoms with E-state index in [1.54, 1.807) is 6.92 Å². The maximum Gasteiger partial charge on any atom is 0.108 e. The lowest BCUT2D eigenvalue weighted by Crippen LogP contribution is -2.58. The van der Waals surface area contributed by atoms with E-state index in [4.69, 9.17) is 15.3 Å². The van der Waals surface area contributed by atoms with Gasteiger partial charge in [0.1, 0.15) is 6.10 Å². The van der Waals surface area contributed by atoms with Crippen molar-refractivity contribution >= 4 is 0 Å². The van der Waals surface area contributed by atoms with Crippen molar-refractivity contribution in [3.63, 3.8) is 0 Å². The Morgan fingerprint density at radius 2 is 1.80 bits per heavy atom. The van der Waals surface area contributed by atoms with Gasteiger partial charge in [-0.2, -0.15) is 0 Å². The van der Waals surface area contributed by atoms with Gasteiger partial charge in [0, 0.05) is 12.6 Å². The third-order valence-corrected chi connectivity index (χ3v) is 1.91. The van der Waals surface area contributed by atoms with E-state index in [2.05, 4.69) is 5.32 Å². The first-order valence-electron chi connectivity index (χ1n) is 3.40. The Bertz CT molecular complexity index is 106. The molecular weight excluding hydrogens is 134 g/mol. The van der Waals surface area contributed by atoms with Gasteiger partial charge in [0.2, 0.25) is 0 Å². The standard InChI is InChI=1S/C6H13NO3/c1-3-5(9)6(10)4(8)2-7-3/h3-10H,2H2,1H3/t3?,4-,5+,6?/m0/s1. The number of aliphatic hydroxyl groups excluding tert-OH is 3. The fourth-order valence-electron chi connectivity index (χ4n) is 1.07. The van der Waals surface area contributed by atoms with Crippen LogP contribution in [-0.4, -0.2) is 46.2 Å². The molecule has 0 radical (unpaired) electrons. The normalized spacial score (nSPS) is 49.2. The molecule has 0 spiro atoms. The first-order chi connectivity index (χ1) is 4.63. The van der Waals surface area contributed by atoms with Gasteiger partial charge in [-0.25, -0.2) is 0 Å². The quantitative estimate of drug-likeness (QED) is 0.322. The van der Waals surface area contributed by atoms with Crippen molar-refractivity contribution in [3.8, 4) is 0 Å². The van der Waals surface area contributed by atoms with Gasteiger partial charge in [0.25, 0.3) is 0 Å². The minimum atomic E-state index is -1.00. The fraction of sp³-hybridized carbons (Fsp3) is 1.00. The Morgan fingerprint density at radius 1 is 1.20 bits per heavy atom. The highest BCUT2D eigenvalue weighted by atomic mass is 16.4. The van der Waals surface area contributed by atoms with Crippen molar-refractivity contribution in [1.29, 1.82) is 0 Å². The van der Waals surface area contributed by atoms with Crippen molar-refractivity contribution in [2.45, 2.75) is 31.3 Å². The predicted octanol–water partition coefficient (Wildman–Crippen LogP) is -1.94. The molecule has 1 aliphatic rings. The monoisotopic (exact) mass is 147 g/mol. The molecule has 60 valence electrons. The van der Waals surface area contributed by atoms with Crippen LogP contribution in [0.1, 0.15) is 6.92 Å². The summed E-state index contributed by atoms with van der Waals surface area (Å²) in [5.41, 5.74) is 0. The summed E-state index contributed by atoms with van der Waals surface area (Å²) in [7, 11) is 0. The van der Waals surface area contributed by atoms with Gasteiger partial charge in [-0.15, -0.1) is 0 Å². The summed E-state index contributed by atoms with van der Waals surface area (Å²) in [6.45, 7) is 2.11. The molecule has 0 aromatic heterocycles. The van der Waals surface area contributed by atoms with Gasteiger partial charge in [0.15, 0.2) is 0 Å². The first-order valence-corrected chi connectivity index (χ1v) is 3.40. The summed E-state index contributed by atoms with van der Waals surface area (Å²) in [6.07, 6.45) is -2.70. The largest absolute Gasteiger partial charge is 0.389 e. The van der Waals surface area contributed by atoms with Gasteiger partial charge in [0.05, 0.1) is 12.2 Å². The SMILES string of the molecule is CC1NC[C@H](O)C(O)[C@@H]1O. The van der Waals surface area contributed by atoms with Crippen LogP contribution in [0, 0.1) is 0 Å². The highest BCUT2D eigenvalue weighted by Gasteiger charge is 2.33. The van der Waals surface area contributed by atoms with Gasteiger partial charge in [-0.1, -0.05) is 0 Å². The number of aliphatic hydroxyl groups is 3. The highest BCUT2D eigenvalue weighted by Crippen LogP contribution is 2.09. The Labute approximate surface area is 59.5 Å². The third kappa shape index (κ3) is 1.29. The van der Waals surface area contributed by atoms with E-state index in [0.29, 0.717) is 6.54 Å². The van der Waals surface area contributed by atoms with Gasteiger partial charge >= 0.3 is 0 Å². The molecule has 4 heteroatoms. The molecule has 0 aromatic carbocycles. The summed E-state index contributed by atoms with van der Waals surface area (Å²) in [6, 6.07) is -0.140. The number of β-amino-alcohol motifs (C(OH)–C–C–N with tert-alkyl or cyclic N) is 1. The Kier molecular flexibility index (Phi) is 2.25. The molecule has 0 saturated carbocycles.